The van der Waals surface area contributed by atoms with Crippen LogP contribution < -0.4 is 21.7 Å². The van der Waals surface area contributed by atoms with Crippen molar-refractivity contribution in [2.75, 3.05) is 19.7 Å². The molecule has 1 aliphatic heterocycles. The molecular weight excluding hydrogens is 316 g/mol. The van der Waals surface area contributed by atoms with Gasteiger partial charge in [-0.25, -0.2) is 4.79 Å². The largest absolute Gasteiger partial charge is 0.569 e. The molecule has 0 amide bonds. The van der Waals surface area contributed by atoms with E-state index in [1.807, 2.05) is 0 Å². The minimum absolute atomic E-state index is 0.0271. The number of alkyl halides is 3. The predicted octanol–water partition coefficient (Wildman–Crippen LogP) is 0.245. The summed E-state index contributed by atoms with van der Waals surface area (Å²) in [5, 5.41) is 0. The first-order valence-corrected chi connectivity index (χ1v) is 6.97. The van der Waals surface area contributed by atoms with Gasteiger partial charge in [0, 0.05) is 12.0 Å². The van der Waals surface area contributed by atoms with Crippen LogP contribution in [-0.4, -0.2) is 39.0 Å². The Bertz CT molecular complexity index is 571. The first kappa shape index (κ1) is 17.6. The fraction of sp³-hybridized carbons (Fsp3) is 0.462. The van der Waals surface area contributed by atoms with E-state index in [0.717, 1.165) is 0 Å². The summed E-state index contributed by atoms with van der Waals surface area (Å²) in [7, 11) is -1.51. The first-order valence-electron chi connectivity index (χ1n) is 6.97. The SMILES string of the molecule is NCCCOc1cccc2c1B(OC(=O)C(F)(F)F)OC2CN. The van der Waals surface area contributed by atoms with E-state index < -0.39 is 25.4 Å². The topological polar surface area (TPSA) is 96.8 Å². The van der Waals surface area contributed by atoms with Crippen molar-refractivity contribution in [2.24, 2.45) is 11.5 Å². The van der Waals surface area contributed by atoms with E-state index in [1.54, 1.807) is 18.2 Å². The summed E-state index contributed by atoms with van der Waals surface area (Å²) in [4.78, 5) is 11.1. The van der Waals surface area contributed by atoms with Crippen molar-refractivity contribution in [3.05, 3.63) is 23.8 Å². The van der Waals surface area contributed by atoms with Crippen molar-refractivity contribution in [3.63, 3.8) is 0 Å². The summed E-state index contributed by atoms with van der Waals surface area (Å²) in [5.41, 5.74) is 11.7. The monoisotopic (exact) mass is 332 g/mol. The quantitative estimate of drug-likeness (QED) is 0.572. The van der Waals surface area contributed by atoms with Gasteiger partial charge in [0.05, 0.1) is 12.7 Å². The van der Waals surface area contributed by atoms with Gasteiger partial charge < -0.3 is 25.5 Å². The normalized spacial score (nSPS) is 17.1. The molecule has 1 aromatic rings. The number of benzene rings is 1. The Balaban J connectivity index is 2.27. The second kappa shape index (κ2) is 7.20. The molecule has 0 radical (unpaired) electrons. The molecule has 6 nitrogen and oxygen atoms in total. The van der Waals surface area contributed by atoms with Crippen molar-refractivity contribution in [2.45, 2.75) is 18.7 Å². The van der Waals surface area contributed by atoms with Gasteiger partial charge in [0.1, 0.15) is 5.75 Å². The average Bonchev–Trinajstić information content (AvgIpc) is 2.85. The molecule has 1 heterocycles. The van der Waals surface area contributed by atoms with E-state index in [2.05, 4.69) is 4.65 Å². The average molecular weight is 332 g/mol. The first-order chi connectivity index (χ1) is 10.9. The summed E-state index contributed by atoms with van der Waals surface area (Å²) in [6, 6.07) is 4.87. The maximum Gasteiger partial charge on any atom is 0.569 e. The molecule has 126 valence electrons. The summed E-state index contributed by atoms with van der Waals surface area (Å²) >= 11 is 0. The molecule has 0 spiro atoms. The van der Waals surface area contributed by atoms with Crippen LogP contribution in [0.3, 0.4) is 0 Å². The third-order valence-corrected chi connectivity index (χ3v) is 3.24. The van der Waals surface area contributed by atoms with E-state index in [0.29, 0.717) is 18.5 Å². The highest BCUT2D eigenvalue weighted by Crippen LogP contribution is 2.29. The Morgan fingerprint density at radius 2 is 2.09 bits per heavy atom. The fourth-order valence-electron chi connectivity index (χ4n) is 2.21. The lowest BCUT2D eigenvalue weighted by Gasteiger charge is -2.14. The van der Waals surface area contributed by atoms with Gasteiger partial charge in [-0.1, -0.05) is 12.1 Å². The zero-order valence-electron chi connectivity index (χ0n) is 12.1. The number of carbonyl (C=O) groups is 1. The smallest absolute Gasteiger partial charge is 0.499 e. The van der Waals surface area contributed by atoms with Gasteiger partial charge in [0.2, 0.25) is 0 Å². The lowest BCUT2D eigenvalue weighted by atomic mass is 9.77. The number of ether oxygens (including phenoxy) is 1. The molecule has 1 aliphatic rings. The second-order valence-corrected chi connectivity index (χ2v) is 4.85. The molecule has 10 heteroatoms. The minimum atomic E-state index is -5.11. The van der Waals surface area contributed by atoms with Crippen LogP contribution in [0.4, 0.5) is 13.2 Å². The summed E-state index contributed by atoms with van der Waals surface area (Å²) in [5.74, 6) is -2.05. The number of fused-ring (bicyclic) bond motifs is 1. The van der Waals surface area contributed by atoms with Crippen molar-refractivity contribution in [1.29, 1.82) is 0 Å². The van der Waals surface area contributed by atoms with E-state index in [1.165, 1.54) is 0 Å². The molecule has 0 fully saturated rings. The van der Waals surface area contributed by atoms with Crippen molar-refractivity contribution in [3.8, 4) is 5.75 Å². The predicted molar refractivity (Wildman–Crippen MR) is 76.0 cm³/mol. The van der Waals surface area contributed by atoms with E-state index in [9.17, 15) is 18.0 Å². The Hall–Kier alpha value is -1.78. The van der Waals surface area contributed by atoms with Crippen LogP contribution in [0.1, 0.15) is 18.1 Å². The Kier molecular flexibility index (Phi) is 5.50. The van der Waals surface area contributed by atoms with Gasteiger partial charge in [0.15, 0.2) is 0 Å². The lowest BCUT2D eigenvalue weighted by molar-refractivity contribution is -0.191. The zero-order valence-corrected chi connectivity index (χ0v) is 12.1. The van der Waals surface area contributed by atoms with Crippen LogP contribution in [-0.2, 0) is 14.1 Å². The van der Waals surface area contributed by atoms with Crippen LogP contribution in [0.5, 0.6) is 5.75 Å². The fourth-order valence-corrected chi connectivity index (χ4v) is 2.21. The third-order valence-electron chi connectivity index (χ3n) is 3.24. The molecule has 0 aromatic heterocycles. The van der Waals surface area contributed by atoms with Crippen LogP contribution in [0.2, 0.25) is 0 Å². The maximum atomic E-state index is 12.4. The van der Waals surface area contributed by atoms with E-state index >= 15 is 0 Å². The van der Waals surface area contributed by atoms with Crippen molar-refractivity contribution in [1.82, 2.24) is 0 Å². The van der Waals surface area contributed by atoms with Crippen LogP contribution in [0.15, 0.2) is 18.2 Å². The molecule has 2 rings (SSSR count). The number of nitrogens with two attached hydrogens (primary N) is 2. The van der Waals surface area contributed by atoms with Gasteiger partial charge in [-0.3, -0.25) is 0 Å². The Morgan fingerprint density at radius 1 is 1.35 bits per heavy atom. The van der Waals surface area contributed by atoms with Gasteiger partial charge >= 0.3 is 19.3 Å². The molecule has 23 heavy (non-hydrogen) atoms. The molecule has 0 saturated heterocycles. The zero-order chi connectivity index (χ0) is 17.0. The van der Waals surface area contributed by atoms with Gasteiger partial charge in [-0.15, -0.1) is 0 Å². The highest BCUT2D eigenvalue weighted by atomic mass is 19.4. The van der Waals surface area contributed by atoms with Crippen molar-refractivity contribution >= 4 is 18.6 Å². The molecular formula is C13H16BF3N2O4. The van der Waals surface area contributed by atoms with Crippen LogP contribution in [0.25, 0.3) is 0 Å². The Morgan fingerprint density at radius 3 is 2.70 bits per heavy atom. The van der Waals surface area contributed by atoms with E-state index in [4.69, 9.17) is 20.9 Å². The summed E-state index contributed by atoms with van der Waals surface area (Å²) < 4.78 is 52.5. The minimum Gasteiger partial charge on any atom is -0.499 e. The lowest BCUT2D eigenvalue weighted by Crippen LogP contribution is -2.40. The Labute approximate surface area is 131 Å². The van der Waals surface area contributed by atoms with Gasteiger partial charge in [-0.05, 0) is 24.6 Å². The number of halogens is 3. The maximum absolute atomic E-state index is 12.4. The standard InChI is InChI=1S/C13H16BF3N2O4/c15-13(16,17)12(20)23-14-11-8(10(7-19)22-14)3-1-4-9(11)21-6-2-5-18/h1,3-4,10H,2,5-7,18-19H2. The number of hydrogen-bond donors (Lipinski definition) is 2. The highest BCUT2D eigenvalue weighted by molar-refractivity contribution is 6.65. The summed E-state index contributed by atoms with van der Waals surface area (Å²) in [6.07, 6.45) is -5.22. The van der Waals surface area contributed by atoms with Crippen molar-refractivity contribution < 1.29 is 32.0 Å². The van der Waals surface area contributed by atoms with Gasteiger partial charge in [-0.2, -0.15) is 13.2 Å². The van der Waals surface area contributed by atoms with Crippen LogP contribution in [0, 0.1) is 0 Å². The van der Waals surface area contributed by atoms with Gasteiger partial charge in [0.25, 0.3) is 0 Å². The molecule has 1 atom stereocenters. The molecule has 0 bridgehead atoms. The summed E-state index contributed by atoms with van der Waals surface area (Å²) in [6.45, 7) is 0.711. The van der Waals surface area contributed by atoms with E-state index in [-0.39, 0.29) is 24.4 Å². The van der Waals surface area contributed by atoms with Crippen LogP contribution >= 0.6 is 0 Å². The molecule has 1 aromatic carbocycles. The number of carbonyl (C=O) groups excluding carboxylic acids is 1. The number of hydrogen-bond acceptors (Lipinski definition) is 6. The second-order valence-electron chi connectivity index (χ2n) is 4.85. The third kappa shape index (κ3) is 3.95. The number of rotatable bonds is 6. The molecule has 4 N–H and O–H groups in total. The molecule has 0 saturated carbocycles. The molecule has 0 aliphatic carbocycles. The highest BCUT2D eigenvalue weighted by Gasteiger charge is 2.48. The molecule has 1 unspecified atom stereocenters.